The van der Waals surface area contributed by atoms with Gasteiger partial charge < -0.3 is 4.90 Å². The molecule has 5 nitrogen and oxygen atoms in total. The van der Waals surface area contributed by atoms with E-state index in [4.69, 9.17) is 0 Å². The number of nitro groups is 1. The third-order valence-electron chi connectivity index (χ3n) is 3.81. The van der Waals surface area contributed by atoms with Crippen molar-refractivity contribution in [2.45, 2.75) is 6.42 Å². The van der Waals surface area contributed by atoms with Crippen LogP contribution in [0.4, 0.5) is 5.69 Å². The lowest BCUT2D eigenvalue weighted by Crippen LogP contribution is -2.11. The van der Waals surface area contributed by atoms with Crippen LogP contribution in [-0.2, 0) is 11.2 Å². The van der Waals surface area contributed by atoms with Crippen molar-refractivity contribution < 1.29 is 9.72 Å². The monoisotopic (exact) mass is 294 g/mol. The molecule has 1 aliphatic carbocycles. The zero-order valence-electron chi connectivity index (χ0n) is 12.0. The Hall–Kier alpha value is -2.95. The number of hydrogen-bond donors (Lipinski definition) is 0. The number of carbonyl (C=O) groups excluding carboxylic acids is 1. The number of allylic oxidation sites excluding steroid dienone is 7. The van der Waals surface area contributed by atoms with Gasteiger partial charge in [-0.25, -0.2) is 0 Å². The van der Waals surface area contributed by atoms with Gasteiger partial charge in [0.25, 0.3) is 5.70 Å². The number of hydrogen-bond acceptors (Lipinski definition) is 4. The highest BCUT2D eigenvalue weighted by atomic mass is 16.6. The van der Waals surface area contributed by atoms with Gasteiger partial charge in [0.1, 0.15) is 0 Å². The van der Waals surface area contributed by atoms with Gasteiger partial charge in [-0.3, -0.25) is 14.9 Å². The lowest BCUT2D eigenvalue weighted by Gasteiger charge is -2.14. The number of likely N-dealkylation sites (N-methyl/N-ethyl adjacent to an activating group) is 1. The maximum atomic E-state index is 11.8. The zero-order valence-corrected chi connectivity index (χ0v) is 12.0. The summed E-state index contributed by atoms with van der Waals surface area (Å²) in [6.07, 6.45) is 8.04. The van der Waals surface area contributed by atoms with Crippen LogP contribution in [0.5, 0.6) is 0 Å². The van der Waals surface area contributed by atoms with Gasteiger partial charge in [-0.1, -0.05) is 18.2 Å². The van der Waals surface area contributed by atoms with Crippen molar-refractivity contribution in [2.75, 3.05) is 11.9 Å². The maximum absolute atomic E-state index is 11.8. The molecule has 2 aliphatic rings. The third kappa shape index (κ3) is 2.48. The van der Waals surface area contributed by atoms with E-state index in [0.717, 1.165) is 17.8 Å². The van der Waals surface area contributed by atoms with Crippen molar-refractivity contribution in [3.05, 3.63) is 87.3 Å². The van der Waals surface area contributed by atoms with Crippen molar-refractivity contribution in [3.8, 4) is 0 Å². The highest BCUT2D eigenvalue weighted by Gasteiger charge is 2.20. The van der Waals surface area contributed by atoms with E-state index < -0.39 is 4.92 Å². The van der Waals surface area contributed by atoms with Gasteiger partial charge in [-0.05, 0) is 29.9 Å². The number of ketones is 1. The molecule has 1 aliphatic heterocycles. The van der Waals surface area contributed by atoms with Crippen molar-refractivity contribution in [1.29, 1.82) is 0 Å². The maximum Gasteiger partial charge on any atom is 0.270 e. The van der Waals surface area contributed by atoms with Crippen LogP contribution in [0.2, 0.25) is 0 Å². The van der Waals surface area contributed by atoms with Gasteiger partial charge in [0, 0.05) is 42.6 Å². The van der Waals surface area contributed by atoms with Gasteiger partial charge in [0.15, 0.2) is 5.78 Å². The number of fused-ring (bicyclic) bond motifs is 1. The normalized spacial score (nSPS) is 20.5. The van der Waals surface area contributed by atoms with E-state index >= 15 is 0 Å². The second-order valence-electron chi connectivity index (χ2n) is 5.17. The van der Waals surface area contributed by atoms with E-state index in [1.807, 2.05) is 31.3 Å². The molecule has 0 fully saturated rings. The quantitative estimate of drug-likeness (QED) is 0.478. The average molecular weight is 294 g/mol. The Labute approximate surface area is 127 Å². The third-order valence-corrected chi connectivity index (χ3v) is 3.81. The molecule has 1 aromatic carbocycles. The van der Waals surface area contributed by atoms with Crippen molar-refractivity contribution >= 4 is 11.5 Å². The summed E-state index contributed by atoms with van der Waals surface area (Å²) in [6.45, 7) is 0. The Balaban J connectivity index is 1.90. The highest BCUT2D eigenvalue weighted by Crippen LogP contribution is 2.32. The van der Waals surface area contributed by atoms with Gasteiger partial charge in [0.05, 0.1) is 4.92 Å². The van der Waals surface area contributed by atoms with Gasteiger partial charge in [-0.15, -0.1) is 0 Å². The molecule has 0 amide bonds. The zero-order chi connectivity index (χ0) is 15.7. The van der Waals surface area contributed by atoms with Crippen LogP contribution in [0, 0.1) is 10.1 Å². The molecule has 110 valence electrons. The molecule has 3 rings (SSSR count). The van der Waals surface area contributed by atoms with Crippen molar-refractivity contribution in [2.24, 2.45) is 0 Å². The minimum atomic E-state index is -0.499. The molecule has 0 unspecified atom stereocenters. The first-order chi connectivity index (χ1) is 10.6. The summed E-state index contributed by atoms with van der Waals surface area (Å²) >= 11 is 0. The molecule has 22 heavy (non-hydrogen) atoms. The van der Waals surface area contributed by atoms with Crippen LogP contribution in [0.15, 0.2) is 71.6 Å². The van der Waals surface area contributed by atoms with E-state index in [2.05, 4.69) is 11.0 Å². The molecule has 0 spiro atoms. The Morgan fingerprint density at radius 1 is 1.23 bits per heavy atom. The number of benzene rings is 1. The van der Waals surface area contributed by atoms with Crippen molar-refractivity contribution in [1.82, 2.24) is 0 Å². The summed E-state index contributed by atoms with van der Waals surface area (Å²) in [5.74, 6) is -0.222. The smallest absolute Gasteiger partial charge is 0.270 e. The number of para-hydroxylation sites is 1. The number of anilines is 1. The lowest BCUT2D eigenvalue weighted by atomic mass is 10.0. The number of carbonyl (C=O) groups is 1. The van der Waals surface area contributed by atoms with Gasteiger partial charge in [-0.2, -0.15) is 0 Å². The molecule has 0 atom stereocenters. The molecule has 1 heterocycles. The molecule has 0 aromatic heterocycles. The van der Waals surface area contributed by atoms with Crippen LogP contribution in [0.1, 0.15) is 5.56 Å². The Kier molecular flexibility index (Phi) is 3.47. The lowest BCUT2D eigenvalue weighted by molar-refractivity contribution is -0.419. The average Bonchev–Trinajstić information content (AvgIpc) is 2.83. The summed E-state index contributed by atoms with van der Waals surface area (Å²) in [5, 5.41) is 10.8. The van der Waals surface area contributed by atoms with E-state index in [-0.39, 0.29) is 11.5 Å². The second-order valence-corrected chi connectivity index (χ2v) is 5.17. The molecule has 0 N–H and O–H groups in total. The fourth-order valence-corrected chi connectivity index (χ4v) is 2.59. The Bertz CT molecular complexity index is 785. The minimum absolute atomic E-state index is 0.0766. The molecule has 0 radical (unpaired) electrons. The van der Waals surface area contributed by atoms with Crippen LogP contribution >= 0.6 is 0 Å². The highest BCUT2D eigenvalue weighted by molar-refractivity contribution is 6.07. The van der Waals surface area contributed by atoms with Gasteiger partial charge >= 0.3 is 0 Å². The molecule has 5 heteroatoms. The van der Waals surface area contributed by atoms with Crippen LogP contribution < -0.4 is 4.90 Å². The van der Waals surface area contributed by atoms with E-state index in [0.29, 0.717) is 5.57 Å². The van der Waals surface area contributed by atoms with Crippen molar-refractivity contribution in [3.63, 3.8) is 0 Å². The standard InChI is InChI=1S/C17H14N2O3/c1-18-14(10-12-4-2-3-5-16(12)18)7-6-13-11-15(19(21)22)8-9-17(13)20/h2-9,11H,10H2,1H3/b13-6-,14-7-. The first kappa shape index (κ1) is 14.0. The molecular formula is C17H14N2O3. The Morgan fingerprint density at radius 2 is 2.00 bits per heavy atom. The number of nitrogens with zero attached hydrogens (tertiary/aromatic N) is 2. The van der Waals surface area contributed by atoms with Crippen LogP contribution in [-0.4, -0.2) is 17.8 Å². The molecule has 1 aromatic rings. The molecule has 0 saturated carbocycles. The summed E-state index contributed by atoms with van der Waals surface area (Å²) in [5.41, 5.74) is 3.67. The van der Waals surface area contributed by atoms with Gasteiger partial charge in [0.2, 0.25) is 0 Å². The molecular weight excluding hydrogens is 280 g/mol. The second kappa shape index (κ2) is 5.44. The predicted molar refractivity (Wildman–Crippen MR) is 83.9 cm³/mol. The summed E-state index contributed by atoms with van der Waals surface area (Å²) < 4.78 is 0. The SMILES string of the molecule is CN1/C(=C\C=C2\C=C([N+](=O)[O-])C=CC2=O)Cc2ccccc21. The fourth-order valence-electron chi connectivity index (χ4n) is 2.59. The Morgan fingerprint density at radius 3 is 2.73 bits per heavy atom. The number of rotatable bonds is 2. The fraction of sp³-hybridized carbons (Fsp3) is 0.118. The van der Waals surface area contributed by atoms with Crippen LogP contribution in [0.25, 0.3) is 0 Å². The summed E-state index contributed by atoms with van der Waals surface area (Å²) in [7, 11) is 1.97. The summed E-state index contributed by atoms with van der Waals surface area (Å²) in [6, 6.07) is 8.09. The summed E-state index contributed by atoms with van der Waals surface area (Å²) in [4.78, 5) is 24.2. The van der Waals surface area contributed by atoms with E-state index in [1.54, 1.807) is 6.08 Å². The molecule has 0 saturated heterocycles. The first-order valence-electron chi connectivity index (χ1n) is 6.87. The van der Waals surface area contributed by atoms with E-state index in [9.17, 15) is 14.9 Å². The predicted octanol–water partition coefficient (Wildman–Crippen LogP) is 2.79. The topological polar surface area (TPSA) is 63.4 Å². The first-order valence-corrected chi connectivity index (χ1v) is 6.87. The van der Waals surface area contributed by atoms with Crippen LogP contribution in [0.3, 0.4) is 0 Å². The molecule has 0 bridgehead atoms. The van der Waals surface area contributed by atoms with E-state index in [1.165, 1.54) is 23.8 Å². The minimum Gasteiger partial charge on any atom is -0.348 e. The largest absolute Gasteiger partial charge is 0.348 e.